The molecule has 1 aromatic rings. The maximum Gasteiger partial charge on any atom is 0.326 e. The number of amides is 3. The minimum Gasteiger partial charge on any atom is -0.508 e. The molecular formula is C23H32N4O10. The number of aliphatic carboxylic acids is 3. The zero-order valence-corrected chi connectivity index (χ0v) is 20.3. The molecule has 9 N–H and O–H groups in total. The smallest absolute Gasteiger partial charge is 0.326 e. The van der Waals surface area contributed by atoms with Crippen molar-refractivity contribution in [3.8, 4) is 5.75 Å². The Morgan fingerprint density at radius 3 is 1.84 bits per heavy atom. The van der Waals surface area contributed by atoms with Gasteiger partial charge in [-0.2, -0.15) is 0 Å². The summed E-state index contributed by atoms with van der Waals surface area (Å²) in [6.45, 7) is 3.14. The number of carboxylic acids is 3. The molecule has 204 valence electrons. The topological polar surface area (TPSA) is 245 Å². The third-order valence-corrected chi connectivity index (χ3v) is 5.26. The molecule has 4 atom stereocenters. The van der Waals surface area contributed by atoms with Crippen LogP contribution in [0.5, 0.6) is 5.75 Å². The van der Waals surface area contributed by atoms with Crippen molar-refractivity contribution in [1.82, 2.24) is 16.0 Å². The number of nitrogens with one attached hydrogen (secondary N) is 3. The Bertz CT molecular complexity index is 996. The highest BCUT2D eigenvalue weighted by molar-refractivity contribution is 5.95. The molecule has 0 aliphatic carbocycles. The van der Waals surface area contributed by atoms with Gasteiger partial charge in [-0.15, -0.1) is 0 Å². The van der Waals surface area contributed by atoms with Crippen LogP contribution in [0.3, 0.4) is 0 Å². The quantitative estimate of drug-likeness (QED) is 0.135. The highest BCUT2D eigenvalue weighted by Crippen LogP contribution is 2.12. The molecule has 0 aliphatic heterocycles. The fourth-order valence-corrected chi connectivity index (χ4v) is 3.19. The summed E-state index contributed by atoms with van der Waals surface area (Å²) in [4.78, 5) is 71.8. The van der Waals surface area contributed by atoms with Crippen molar-refractivity contribution in [3.05, 3.63) is 29.8 Å². The predicted octanol–water partition coefficient (Wildman–Crippen LogP) is -1.20. The molecule has 3 amide bonds. The first-order valence-electron chi connectivity index (χ1n) is 11.3. The van der Waals surface area contributed by atoms with E-state index < -0.39 is 78.6 Å². The molecule has 0 heterocycles. The SMILES string of the molecule is CC(C)C(NC(=O)C(Cc1ccc(O)cc1)NC(=O)C(CC(=O)O)NC(=O)C(N)CCC(=O)O)C(=O)O. The van der Waals surface area contributed by atoms with Crippen LogP contribution in [0.15, 0.2) is 24.3 Å². The Labute approximate surface area is 212 Å². The first-order chi connectivity index (χ1) is 17.2. The van der Waals surface area contributed by atoms with Gasteiger partial charge < -0.3 is 42.1 Å². The highest BCUT2D eigenvalue weighted by Gasteiger charge is 2.32. The number of rotatable bonds is 15. The highest BCUT2D eigenvalue weighted by atomic mass is 16.4. The van der Waals surface area contributed by atoms with Crippen LogP contribution in [0.4, 0.5) is 0 Å². The summed E-state index contributed by atoms with van der Waals surface area (Å²) in [6, 6.07) is -0.0540. The van der Waals surface area contributed by atoms with E-state index in [4.69, 9.17) is 10.8 Å². The number of phenols is 1. The van der Waals surface area contributed by atoms with Crippen LogP contribution in [0.1, 0.15) is 38.7 Å². The van der Waals surface area contributed by atoms with Gasteiger partial charge in [0, 0.05) is 12.8 Å². The fourth-order valence-electron chi connectivity index (χ4n) is 3.19. The molecule has 37 heavy (non-hydrogen) atoms. The molecule has 1 aromatic carbocycles. The van der Waals surface area contributed by atoms with Gasteiger partial charge in [0.15, 0.2) is 0 Å². The van der Waals surface area contributed by atoms with Gasteiger partial charge in [0.25, 0.3) is 0 Å². The Hall–Kier alpha value is -4.20. The van der Waals surface area contributed by atoms with Crippen molar-refractivity contribution in [2.75, 3.05) is 0 Å². The molecule has 0 saturated carbocycles. The zero-order valence-electron chi connectivity index (χ0n) is 20.3. The van der Waals surface area contributed by atoms with E-state index in [1.165, 1.54) is 24.3 Å². The molecule has 0 aliphatic rings. The number of aromatic hydroxyl groups is 1. The lowest BCUT2D eigenvalue weighted by Gasteiger charge is -2.25. The molecule has 0 spiro atoms. The molecule has 14 heteroatoms. The maximum absolute atomic E-state index is 13.0. The molecule has 0 saturated heterocycles. The third kappa shape index (κ3) is 10.9. The van der Waals surface area contributed by atoms with Crippen LogP contribution in [-0.4, -0.2) is 80.2 Å². The Balaban J connectivity index is 3.14. The molecule has 0 radical (unpaired) electrons. The summed E-state index contributed by atoms with van der Waals surface area (Å²) in [5.41, 5.74) is 6.10. The van der Waals surface area contributed by atoms with E-state index in [0.29, 0.717) is 5.56 Å². The molecule has 0 aromatic heterocycles. The van der Waals surface area contributed by atoms with Crippen molar-refractivity contribution in [3.63, 3.8) is 0 Å². The monoisotopic (exact) mass is 524 g/mol. The Kier molecular flexibility index (Phi) is 12.0. The van der Waals surface area contributed by atoms with Crippen LogP contribution in [-0.2, 0) is 35.2 Å². The lowest BCUT2D eigenvalue weighted by atomic mass is 10.0. The minimum absolute atomic E-state index is 0.0528. The number of phenolic OH excluding ortho intramolecular Hbond substituents is 1. The second kappa shape index (κ2) is 14.4. The van der Waals surface area contributed by atoms with Crippen molar-refractivity contribution >= 4 is 35.6 Å². The van der Waals surface area contributed by atoms with Gasteiger partial charge in [-0.1, -0.05) is 26.0 Å². The van der Waals surface area contributed by atoms with E-state index in [-0.39, 0.29) is 18.6 Å². The number of carbonyl (C=O) groups is 6. The first-order valence-corrected chi connectivity index (χ1v) is 11.3. The number of hydrogen-bond acceptors (Lipinski definition) is 8. The van der Waals surface area contributed by atoms with E-state index >= 15 is 0 Å². The van der Waals surface area contributed by atoms with Crippen molar-refractivity contribution < 1.29 is 49.2 Å². The van der Waals surface area contributed by atoms with Crippen LogP contribution in [0.2, 0.25) is 0 Å². The van der Waals surface area contributed by atoms with Crippen LogP contribution in [0, 0.1) is 5.92 Å². The number of benzene rings is 1. The van der Waals surface area contributed by atoms with Crippen molar-refractivity contribution in [2.24, 2.45) is 11.7 Å². The fraction of sp³-hybridized carbons (Fsp3) is 0.478. The van der Waals surface area contributed by atoms with Crippen LogP contribution < -0.4 is 21.7 Å². The molecule has 0 bridgehead atoms. The van der Waals surface area contributed by atoms with Gasteiger partial charge in [0.05, 0.1) is 12.5 Å². The molecule has 0 fully saturated rings. The van der Waals surface area contributed by atoms with Gasteiger partial charge in [0.2, 0.25) is 17.7 Å². The lowest BCUT2D eigenvalue weighted by Crippen LogP contribution is -2.58. The summed E-state index contributed by atoms with van der Waals surface area (Å²) in [6.07, 6.45) is -1.73. The molecular weight excluding hydrogens is 492 g/mol. The van der Waals surface area contributed by atoms with E-state index in [9.17, 15) is 44.1 Å². The van der Waals surface area contributed by atoms with Gasteiger partial charge in [-0.3, -0.25) is 24.0 Å². The van der Waals surface area contributed by atoms with E-state index in [1.54, 1.807) is 13.8 Å². The van der Waals surface area contributed by atoms with Crippen LogP contribution in [0.25, 0.3) is 0 Å². The predicted molar refractivity (Wildman–Crippen MR) is 127 cm³/mol. The number of carbonyl (C=O) groups excluding carboxylic acids is 3. The summed E-state index contributed by atoms with van der Waals surface area (Å²) in [5.74, 6) is -7.41. The summed E-state index contributed by atoms with van der Waals surface area (Å²) in [7, 11) is 0. The average Bonchev–Trinajstić information content (AvgIpc) is 2.80. The van der Waals surface area contributed by atoms with Crippen LogP contribution >= 0.6 is 0 Å². The van der Waals surface area contributed by atoms with E-state index in [0.717, 1.165) is 0 Å². The van der Waals surface area contributed by atoms with Gasteiger partial charge in [0.1, 0.15) is 23.9 Å². The van der Waals surface area contributed by atoms with Crippen molar-refractivity contribution in [1.29, 1.82) is 0 Å². The second-order valence-electron chi connectivity index (χ2n) is 8.70. The minimum atomic E-state index is -1.67. The Morgan fingerprint density at radius 1 is 0.811 bits per heavy atom. The van der Waals surface area contributed by atoms with Gasteiger partial charge >= 0.3 is 17.9 Å². The lowest BCUT2D eigenvalue weighted by molar-refractivity contribution is -0.144. The number of nitrogens with two attached hydrogens (primary N) is 1. The summed E-state index contributed by atoms with van der Waals surface area (Å²) >= 11 is 0. The maximum atomic E-state index is 13.0. The van der Waals surface area contributed by atoms with E-state index in [1.807, 2.05) is 0 Å². The van der Waals surface area contributed by atoms with E-state index in [2.05, 4.69) is 16.0 Å². The molecule has 4 unspecified atom stereocenters. The average molecular weight is 525 g/mol. The largest absolute Gasteiger partial charge is 0.508 e. The third-order valence-electron chi connectivity index (χ3n) is 5.26. The Morgan fingerprint density at radius 2 is 1.35 bits per heavy atom. The van der Waals surface area contributed by atoms with Gasteiger partial charge in [-0.05, 0) is 30.0 Å². The number of hydrogen-bond donors (Lipinski definition) is 8. The summed E-state index contributed by atoms with van der Waals surface area (Å²) < 4.78 is 0. The normalized spacial score (nSPS) is 14.1. The van der Waals surface area contributed by atoms with Crippen molar-refractivity contribution in [2.45, 2.75) is 63.7 Å². The second-order valence-corrected chi connectivity index (χ2v) is 8.70. The summed E-state index contributed by atoms with van der Waals surface area (Å²) in [5, 5.41) is 43.7. The number of carboxylic acid groups (broad SMARTS) is 3. The standard InChI is InChI=1S/C23H32N4O10/c1-11(2)19(23(36)37)27-22(35)15(9-12-3-5-13(28)6-4-12)26-21(34)16(10-18(31)32)25-20(33)14(24)7-8-17(29)30/h3-6,11,14-16,19,28H,7-10,24H2,1-2H3,(H,25,33)(H,26,34)(H,27,35)(H,29,30)(H,31,32)(H,36,37). The van der Waals surface area contributed by atoms with Gasteiger partial charge in [-0.25, -0.2) is 4.79 Å². The zero-order chi connectivity index (χ0) is 28.3. The molecule has 1 rings (SSSR count). The molecule has 14 nitrogen and oxygen atoms in total. The first kappa shape index (κ1) is 30.8.